The molecule has 0 unspecified atom stereocenters. The van der Waals surface area contributed by atoms with Crippen LogP contribution < -0.4 is 9.64 Å². The molecule has 1 aromatic heterocycles. The number of ether oxygens (including phenoxy) is 2. The molecule has 0 saturated carbocycles. The highest BCUT2D eigenvalue weighted by molar-refractivity contribution is 9.10. The summed E-state index contributed by atoms with van der Waals surface area (Å²) >= 11 is 3.49. The van der Waals surface area contributed by atoms with E-state index in [-0.39, 0.29) is 5.91 Å². The van der Waals surface area contributed by atoms with E-state index in [0.717, 1.165) is 26.9 Å². The van der Waals surface area contributed by atoms with Crippen molar-refractivity contribution in [3.05, 3.63) is 99.7 Å². The van der Waals surface area contributed by atoms with Crippen LogP contribution >= 0.6 is 15.9 Å². The fraction of sp³-hybridized carbons (Fsp3) is 0.148. The molecule has 0 aliphatic carbocycles. The number of carbonyl (C=O) groups excluding carboxylic acids is 2. The average Bonchev–Trinajstić information content (AvgIpc) is 3.44. The van der Waals surface area contributed by atoms with E-state index in [9.17, 15) is 9.59 Å². The Morgan fingerprint density at radius 3 is 2.34 bits per heavy atom. The summed E-state index contributed by atoms with van der Waals surface area (Å²) in [6.45, 7) is 2.06. The van der Waals surface area contributed by atoms with Gasteiger partial charge in [-0.3, -0.25) is 14.8 Å². The molecule has 2 heterocycles. The first-order valence-corrected chi connectivity index (χ1v) is 11.9. The first kappa shape index (κ1) is 22.9. The van der Waals surface area contributed by atoms with Crippen LogP contribution in [0, 0.1) is 0 Å². The molecular formula is C27H22BrN3O4. The zero-order chi connectivity index (χ0) is 24.5. The summed E-state index contributed by atoms with van der Waals surface area (Å²) in [4.78, 5) is 27.5. The minimum absolute atomic E-state index is 0.191. The van der Waals surface area contributed by atoms with Gasteiger partial charge in [0.15, 0.2) is 0 Å². The second-order valence-electron chi connectivity index (χ2n) is 7.99. The molecule has 0 spiro atoms. The van der Waals surface area contributed by atoms with Crippen molar-refractivity contribution >= 4 is 33.5 Å². The lowest BCUT2D eigenvalue weighted by Crippen LogP contribution is -2.29. The zero-order valence-corrected chi connectivity index (χ0v) is 20.7. The van der Waals surface area contributed by atoms with Gasteiger partial charge in [0.2, 0.25) is 0 Å². The van der Waals surface area contributed by atoms with Crippen molar-refractivity contribution in [2.45, 2.75) is 13.0 Å². The molecular weight excluding hydrogens is 510 g/mol. The van der Waals surface area contributed by atoms with Gasteiger partial charge in [0, 0.05) is 21.3 Å². The Morgan fingerprint density at radius 2 is 1.71 bits per heavy atom. The van der Waals surface area contributed by atoms with Crippen LogP contribution in [-0.4, -0.2) is 35.8 Å². The number of anilines is 1. The lowest BCUT2D eigenvalue weighted by molar-refractivity contribution is 0.0526. The zero-order valence-electron chi connectivity index (χ0n) is 19.1. The summed E-state index contributed by atoms with van der Waals surface area (Å²) < 4.78 is 11.3. The fourth-order valence-corrected chi connectivity index (χ4v) is 4.58. The highest BCUT2D eigenvalue weighted by Crippen LogP contribution is 2.45. The van der Waals surface area contributed by atoms with Crippen molar-refractivity contribution < 1.29 is 19.1 Å². The number of rotatable bonds is 6. The minimum Gasteiger partial charge on any atom is -0.497 e. The molecule has 3 aromatic carbocycles. The molecule has 35 heavy (non-hydrogen) atoms. The Bertz CT molecular complexity index is 1380. The maximum absolute atomic E-state index is 13.6. The lowest BCUT2D eigenvalue weighted by Gasteiger charge is -2.26. The van der Waals surface area contributed by atoms with E-state index >= 15 is 0 Å². The number of benzene rings is 3. The van der Waals surface area contributed by atoms with Gasteiger partial charge in [-0.2, -0.15) is 5.10 Å². The van der Waals surface area contributed by atoms with E-state index in [2.05, 4.69) is 26.1 Å². The van der Waals surface area contributed by atoms with Crippen molar-refractivity contribution in [3.8, 4) is 17.0 Å². The Balaban J connectivity index is 1.62. The van der Waals surface area contributed by atoms with Crippen molar-refractivity contribution in [1.82, 2.24) is 10.2 Å². The van der Waals surface area contributed by atoms with Crippen LogP contribution in [0.1, 0.15) is 44.9 Å². The van der Waals surface area contributed by atoms with Crippen LogP contribution in [0.3, 0.4) is 0 Å². The summed E-state index contributed by atoms with van der Waals surface area (Å²) in [5, 5.41) is 7.47. The summed E-state index contributed by atoms with van der Waals surface area (Å²) in [7, 11) is 1.62. The molecule has 1 atom stereocenters. The van der Waals surface area contributed by atoms with E-state index in [0.29, 0.717) is 29.2 Å². The third kappa shape index (κ3) is 4.10. The van der Waals surface area contributed by atoms with Crippen LogP contribution in [0.2, 0.25) is 0 Å². The van der Waals surface area contributed by atoms with E-state index in [1.165, 1.54) is 0 Å². The quantitative estimate of drug-likeness (QED) is 0.319. The van der Waals surface area contributed by atoms with Gasteiger partial charge in [0.25, 0.3) is 5.91 Å². The van der Waals surface area contributed by atoms with Crippen molar-refractivity contribution in [2.75, 3.05) is 18.6 Å². The van der Waals surface area contributed by atoms with Crippen molar-refractivity contribution in [2.24, 2.45) is 0 Å². The summed E-state index contributed by atoms with van der Waals surface area (Å²) in [5.74, 6) is 0.154. The van der Waals surface area contributed by atoms with Gasteiger partial charge in [0.1, 0.15) is 11.4 Å². The molecule has 1 N–H and O–H groups in total. The SMILES string of the molecule is CCOC(=O)c1ccc(N2C(=O)c3[nH]nc(-c4ccc(OC)cc4)c3[C@H]2c2ccc(Br)cc2)cc1. The van der Waals surface area contributed by atoms with Gasteiger partial charge >= 0.3 is 5.97 Å². The monoisotopic (exact) mass is 531 g/mol. The first-order valence-electron chi connectivity index (χ1n) is 11.1. The predicted molar refractivity (Wildman–Crippen MR) is 136 cm³/mol. The number of halogens is 1. The molecule has 0 bridgehead atoms. The van der Waals surface area contributed by atoms with E-state index < -0.39 is 12.0 Å². The molecule has 4 aromatic rings. The molecule has 1 aliphatic rings. The number of fused-ring (bicyclic) bond motifs is 1. The summed E-state index contributed by atoms with van der Waals surface area (Å²) in [5.41, 5.74) is 4.86. The summed E-state index contributed by atoms with van der Waals surface area (Å²) in [6, 6.07) is 21.9. The number of carbonyl (C=O) groups is 2. The highest BCUT2D eigenvalue weighted by Gasteiger charge is 2.43. The van der Waals surface area contributed by atoms with Gasteiger partial charge in [-0.25, -0.2) is 4.79 Å². The van der Waals surface area contributed by atoms with Gasteiger partial charge in [-0.15, -0.1) is 0 Å². The standard InChI is InChI=1S/C27H22BrN3O4/c1-3-35-27(33)18-6-12-20(13-7-18)31-25(17-4-10-19(28)11-5-17)22-23(29-30-24(22)26(31)32)16-8-14-21(34-2)15-9-16/h4-15,25H,3H2,1-2H3,(H,29,30)/t25-/m1/s1. The third-order valence-electron chi connectivity index (χ3n) is 5.97. The third-order valence-corrected chi connectivity index (χ3v) is 6.50. The van der Waals surface area contributed by atoms with Gasteiger partial charge in [-0.1, -0.05) is 28.1 Å². The number of aromatic nitrogens is 2. The van der Waals surface area contributed by atoms with Crippen LogP contribution in [0.4, 0.5) is 5.69 Å². The maximum atomic E-state index is 13.6. The largest absolute Gasteiger partial charge is 0.497 e. The number of nitrogens with one attached hydrogen (secondary N) is 1. The smallest absolute Gasteiger partial charge is 0.338 e. The van der Waals surface area contributed by atoms with Crippen LogP contribution in [-0.2, 0) is 4.74 Å². The number of methoxy groups -OCH3 is 1. The highest BCUT2D eigenvalue weighted by atomic mass is 79.9. The fourth-order valence-electron chi connectivity index (χ4n) is 4.32. The Kier molecular flexibility index (Phi) is 6.13. The van der Waals surface area contributed by atoms with Crippen molar-refractivity contribution in [1.29, 1.82) is 0 Å². The number of hydrogen-bond acceptors (Lipinski definition) is 5. The minimum atomic E-state index is -0.408. The Hall–Kier alpha value is -3.91. The molecule has 0 fully saturated rings. The molecule has 7 nitrogen and oxygen atoms in total. The number of aromatic amines is 1. The molecule has 1 amide bonds. The van der Waals surface area contributed by atoms with Gasteiger partial charge in [-0.05, 0) is 73.2 Å². The molecule has 0 saturated heterocycles. The second-order valence-corrected chi connectivity index (χ2v) is 8.90. The first-order chi connectivity index (χ1) is 17.0. The van der Waals surface area contributed by atoms with E-state index in [1.807, 2.05) is 48.5 Å². The normalized spacial score (nSPS) is 14.7. The number of nitrogens with zero attached hydrogens (tertiary/aromatic N) is 2. The Morgan fingerprint density at radius 1 is 1.03 bits per heavy atom. The van der Waals surface area contributed by atoms with Crippen LogP contribution in [0.5, 0.6) is 5.75 Å². The predicted octanol–water partition coefficient (Wildman–Crippen LogP) is 5.77. The lowest BCUT2D eigenvalue weighted by atomic mass is 9.96. The number of hydrogen-bond donors (Lipinski definition) is 1. The number of amides is 1. The summed E-state index contributed by atoms with van der Waals surface area (Å²) in [6.07, 6.45) is 0. The second kappa shape index (κ2) is 9.38. The number of esters is 1. The average molecular weight is 532 g/mol. The van der Waals surface area contributed by atoms with Crippen LogP contribution in [0.15, 0.2) is 77.3 Å². The van der Waals surface area contributed by atoms with Crippen LogP contribution in [0.25, 0.3) is 11.3 Å². The van der Waals surface area contributed by atoms with Gasteiger partial charge < -0.3 is 9.47 Å². The number of H-pyrrole nitrogens is 1. The van der Waals surface area contributed by atoms with E-state index in [1.54, 1.807) is 43.2 Å². The Labute approximate surface area is 210 Å². The van der Waals surface area contributed by atoms with E-state index in [4.69, 9.17) is 9.47 Å². The molecule has 0 radical (unpaired) electrons. The maximum Gasteiger partial charge on any atom is 0.338 e. The van der Waals surface area contributed by atoms with Crippen molar-refractivity contribution in [3.63, 3.8) is 0 Å². The topological polar surface area (TPSA) is 84.5 Å². The van der Waals surface area contributed by atoms with Gasteiger partial charge in [0.05, 0.1) is 31.0 Å². The molecule has 176 valence electrons. The molecule has 8 heteroatoms. The molecule has 5 rings (SSSR count). The molecule has 1 aliphatic heterocycles.